The van der Waals surface area contributed by atoms with Crippen LogP contribution in [0.5, 0.6) is 5.75 Å². The minimum Gasteiger partial charge on any atom is -0.497 e. The predicted octanol–water partition coefficient (Wildman–Crippen LogP) is 6.06. The second kappa shape index (κ2) is 16.1. The molecule has 9 heteroatoms. The molecule has 0 unspecified atom stereocenters. The smallest absolute Gasteiger partial charge is 0.264 e. The number of hydrogen-bond donors (Lipinski definition) is 1. The third-order valence-corrected chi connectivity index (χ3v) is 9.72. The summed E-state index contributed by atoms with van der Waals surface area (Å²) in [4.78, 5) is 30.1. The van der Waals surface area contributed by atoms with Crippen LogP contribution in [0.3, 0.4) is 0 Å². The van der Waals surface area contributed by atoms with Crippen molar-refractivity contribution in [2.24, 2.45) is 0 Å². The van der Waals surface area contributed by atoms with Gasteiger partial charge >= 0.3 is 0 Å². The standard InChI is InChI=1S/C37H43N3O5S/c1-5-6-23-38-37(42)35(24-30-14-8-7-9-15-30)39(26-31-16-11-10-13-29(31)3)36(41)27-40(32-17-12-18-33(25-32)45-4)46(43,44)34-21-19-28(2)20-22-34/h7-22,25,35H,5-6,23-24,26-27H2,1-4H3,(H,38,42)/t35-/m0/s1. The predicted molar refractivity (Wildman–Crippen MR) is 182 cm³/mol. The number of methoxy groups -OCH3 is 1. The van der Waals surface area contributed by atoms with E-state index in [-0.39, 0.29) is 29.5 Å². The number of anilines is 1. The highest BCUT2D eigenvalue weighted by atomic mass is 32.2. The van der Waals surface area contributed by atoms with Crippen LogP contribution >= 0.6 is 0 Å². The van der Waals surface area contributed by atoms with Crippen molar-refractivity contribution in [1.29, 1.82) is 0 Å². The van der Waals surface area contributed by atoms with Crippen molar-refractivity contribution < 1.29 is 22.7 Å². The fourth-order valence-corrected chi connectivity index (χ4v) is 6.57. The van der Waals surface area contributed by atoms with Crippen molar-refractivity contribution >= 4 is 27.5 Å². The molecule has 4 aromatic rings. The Hall–Kier alpha value is -4.63. The minimum absolute atomic E-state index is 0.0531. The van der Waals surface area contributed by atoms with E-state index in [1.807, 2.05) is 75.4 Å². The number of ether oxygens (including phenoxy) is 1. The first-order chi connectivity index (χ1) is 22.1. The van der Waals surface area contributed by atoms with Crippen LogP contribution < -0.4 is 14.4 Å². The summed E-state index contributed by atoms with van der Waals surface area (Å²) >= 11 is 0. The summed E-state index contributed by atoms with van der Waals surface area (Å²) in [5.41, 5.74) is 3.89. The Kier molecular flexibility index (Phi) is 12.0. The lowest BCUT2D eigenvalue weighted by Gasteiger charge is -2.34. The molecule has 0 heterocycles. The van der Waals surface area contributed by atoms with E-state index in [0.717, 1.165) is 39.4 Å². The first kappa shape index (κ1) is 34.2. The number of unbranched alkanes of at least 4 members (excludes halogenated alkanes) is 1. The maximum atomic E-state index is 14.6. The van der Waals surface area contributed by atoms with Gasteiger partial charge in [-0.15, -0.1) is 0 Å². The first-order valence-corrected chi connectivity index (χ1v) is 17.0. The number of benzene rings is 4. The Morgan fingerprint density at radius 1 is 0.870 bits per heavy atom. The summed E-state index contributed by atoms with van der Waals surface area (Å²) in [7, 11) is -2.70. The number of aryl methyl sites for hydroxylation is 2. The Balaban J connectivity index is 1.81. The van der Waals surface area contributed by atoms with Gasteiger partial charge in [-0.3, -0.25) is 13.9 Å². The molecule has 4 rings (SSSR count). The van der Waals surface area contributed by atoms with Gasteiger partial charge in [0.15, 0.2) is 0 Å². The zero-order chi connectivity index (χ0) is 33.1. The molecule has 0 saturated heterocycles. The highest BCUT2D eigenvalue weighted by Gasteiger charge is 2.35. The molecule has 0 radical (unpaired) electrons. The summed E-state index contributed by atoms with van der Waals surface area (Å²) in [6, 6.07) is 29.5. The van der Waals surface area contributed by atoms with Crippen LogP contribution in [-0.4, -0.2) is 51.4 Å². The third kappa shape index (κ3) is 8.75. The number of rotatable bonds is 15. The SMILES string of the molecule is CCCCNC(=O)[C@H](Cc1ccccc1)N(Cc1ccccc1C)C(=O)CN(c1cccc(OC)c1)S(=O)(=O)c1ccc(C)cc1. The number of sulfonamides is 1. The average molecular weight is 642 g/mol. The zero-order valence-electron chi connectivity index (χ0n) is 27.0. The van der Waals surface area contributed by atoms with E-state index in [1.54, 1.807) is 36.4 Å². The van der Waals surface area contributed by atoms with E-state index >= 15 is 0 Å². The van der Waals surface area contributed by atoms with Crippen LogP contribution in [-0.2, 0) is 32.6 Å². The Morgan fingerprint density at radius 2 is 1.57 bits per heavy atom. The third-order valence-electron chi connectivity index (χ3n) is 7.93. The number of carbonyl (C=O) groups is 2. The Labute approximate surface area is 273 Å². The van der Waals surface area contributed by atoms with Crippen molar-refractivity contribution in [3.63, 3.8) is 0 Å². The molecule has 242 valence electrons. The molecule has 1 N–H and O–H groups in total. The molecule has 0 aliphatic heterocycles. The van der Waals surface area contributed by atoms with Crippen molar-refractivity contribution in [3.05, 3.63) is 125 Å². The van der Waals surface area contributed by atoms with Crippen LogP contribution in [0.25, 0.3) is 0 Å². The van der Waals surface area contributed by atoms with E-state index in [0.29, 0.717) is 12.3 Å². The van der Waals surface area contributed by atoms with Crippen molar-refractivity contribution in [2.45, 2.75) is 57.5 Å². The van der Waals surface area contributed by atoms with E-state index in [4.69, 9.17) is 4.74 Å². The van der Waals surface area contributed by atoms with Crippen molar-refractivity contribution in [2.75, 3.05) is 24.5 Å². The number of hydrogen-bond acceptors (Lipinski definition) is 5. The van der Waals surface area contributed by atoms with E-state index in [1.165, 1.54) is 24.1 Å². The quantitative estimate of drug-likeness (QED) is 0.159. The lowest BCUT2D eigenvalue weighted by atomic mass is 10.0. The number of nitrogens with zero attached hydrogens (tertiary/aromatic N) is 2. The molecular formula is C37H43N3O5S. The Bertz CT molecular complexity index is 1710. The molecule has 4 aromatic carbocycles. The topological polar surface area (TPSA) is 96.0 Å². The van der Waals surface area contributed by atoms with Gasteiger partial charge < -0.3 is 15.0 Å². The van der Waals surface area contributed by atoms with Crippen LogP contribution in [0, 0.1) is 13.8 Å². The Morgan fingerprint density at radius 3 is 2.24 bits per heavy atom. The fourth-order valence-electron chi connectivity index (χ4n) is 5.16. The van der Waals surface area contributed by atoms with Gasteiger partial charge in [0.1, 0.15) is 18.3 Å². The van der Waals surface area contributed by atoms with Crippen LogP contribution in [0.4, 0.5) is 5.69 Å². The van der Waals surface area contributed by atoms with Crippen LogP contribution in [0.15, 0.2) is 108 Å². The van der Waals surface area contributed by atoms with Gasteiger partial charge in [0.2, 0.25) is 11.8 Å². The molecule has 0 aromatic heterocycles. The van der Waals surface area contributed by atoms with Crippen molar-refractivity contribution in [1.82, 2.24) is 10.2 Å². The molecule has 46 heavy (non-hydrogen) atoms. The van der Waals surface area contributed by atoms with E-state index < -0.39 is 28.5 Å². The number of carbonyl (C=O) groups excluding carboxylic acids is 2. The molecule has 1 atom stereocenters. The minimum atomic E-state index is -4.20. The zero-order valence-corrected chi connectivity index (χ0v) is 27.8. The number of nitrogens with one attached hydrogen (secondary N) is 1. The summed E-state index contributed by atoms with van der Waals surface area (Å²) in [6.07, 6.45) is 1.97. The van der Waals surface area contributed by atoms with Crippen LogP contribution in [0.1, 0.15) is 42.0 Å². The van der Waals surface area contributed by atoms with Gasteiger partial charge in [0, 0.05) is 25.6 Å². The van der Waals surface area contributed by atoms with Gasteiger partial charge in [-0.25, -0.2) is 8.42 Å². The normalized spacial score (nSPS) is 11.8. The van der Waals surface area contributed by atoms with Gasteiger partial charge in [0.05, 0.1) is 17.7 Å². The summed E-state index contributed by atoms with van der Waals surface area (Å²) in [5.74, 6) is -0.343. The second-order valence-electron chi connectivity index (χ2n) is 11.3. The molecule has 0 spiro atoms. The van der Waals surface area contributed by atoms with Gasteiger partial charge in [-0.2, -0.15) is 0 Å². The first-order valence-electron chi connectivity index (χ1n) is 15.5. The maximum Gasteiger partial charge on any atom is 0.264 e. The summed E-state index contributed by atoms with van der Waals surface area (Å²) < 4.78 is 34.9. The molecule has 0 saturated carbocycles. The molecule has 0 aliphatic carbocycles. The van der Waals surface area contributed by atoms with Gasteiger partial charge in [0.25, 0.3) is 10.0 Å². The molecule has 0 fully saturated rings. The van der Waals surface area contributed by atoms with E-state index in [9.17, 15) is 18.0 Å². The second-order valence-corrected chi connectivity index (χ2v) is 13.2. The average Bonchev–Trinajstić information content (AvgIpc) is 3.06. The van der Waals surface area contributed by atoms with Gasteiger partial charge in [-0.05, 0) is 61.2 Å². The van der Waals surface area contributed by atoms with Crippen molar-refractivity contribution in [3.8, 4) is 5.75 Å². The molecule has 2 amide bonds. The van der Waals surface area contributed by atoms with E-state index in [2.05, 4.69) is 5.32 Å². The largest absolute Gasteiger partial charge is 0.497 e. The molecule has 0 aliphatic rings. The summed E-state index contributed by atoms with van der Waals surface area (Å²) in [5, 5.41) is 3.02. The molecule has 8 nitrogen and oxygen atoms in total. The summed E-state index contributed by atoms with van der Waals surface area (Å²) in [6.45, 7) is 5.95. The lowest BCUT2D eigenvalue weighted by Crippen LogP contribution is -2.53. The molecule has 0 bridgehead atoms. The van der Waals surface area contributed by atoms with Crippen LogP contribution in [0.2, 0.25) is 0 Å². The molecular weight excluding hydrogens is 598 g/mol. The highest BCUT2D eigenvalue weighted by Crippen LogP contribution is 2.28. The maximum absolute atomic E-state index is 14.6. The number of amides is 2. The van der Waals surface area contributed by atoms with Gasteiger partial charge in [-0.1, -0.05) is 91.7 Å². The monoisotopic (exact) mass is 641 g/mol. The lowest BCUT2D eigenvalue weighted by molar-refractivity contribution is -0.140. The fraction of sp³-hybridized carbons (Fsp3) is 0.297. The highest BCUT2D eigenvalue weighted by molar-refractivity contribution is 7.92.